The highest BCUT2D eigenvalue weighted by molar-refractivity contribution is 5.79. The standard InChI is InChI=1S/C8H9FN2/c1-10-11-6-7-4-2-3-5-8(7)9/h2-6,10H,1H3. The van der Waals surface area contributed by atoms with Crippen LogP contribution in [0.5, 0.6) is 0 Å². The zero-order valence-electron chi connectivity index (χ0n) is 6.21. The lowest BCUT2D eigenvalue weighted by molar-refractivity contribution is 0.625. The molecule has 0 amide bonds. The Morgan fingerprint density at radius 1 is 1.45 bits per heavy atom. The number of nitrogens with one attached hydrogen (secondary N) is 1. The molecule has 11 heavy (non-hydrogen) atoms. The van der Waals surface area contributed by atoms with Crippen LogP contribution in [0.3, 0.4) is 0 Å². The average molecular weight is 152 g/mol. The van der Waals surface area contributed by atoms with Crippen LogP contribution in [0.15, 0.2) is 29.4 Å². The molecule has 0 aromatic heterocycles. The van der Waals surface area contributed by atoms with Gasteiger partial charge in [0, 0.05) is 12.6 Å². The third kappa shape index (κ3) is 2.04. The summed E-state index contributed by atoms with van der Waals surface area (Å²) in [4.78, 5) is 0. The summed E-state index contributed by atoms with van der Waals surface area (Å²) < 4.78 is 12.8. The molecular weight excluding hydrogens is 143 g/mol. The van der Waals surface area contributed by atoms with Gasteiger partial charge in [-0.25, -0.2) is 4.39 Å². The van der Waals surface area contributed by atoms with Crippen molar-refractivity contribution in [2.24, 2.45) is 5.10 Å². The molecule has 0 atom stereocenters. The molecule has 58 valence electrons. The molecule has 0 heterocycles. The first-order valence-electron chi connectivity index (χ1n) is 3.29. The van der Waals surface area contributed by atoms with Crippen molar-refractivity contribution in [2.45, 2.75) is 0 Å². The van der Waals surface area contributed by atoms with Gasteiger partial charge in [0.15, 0.2) is 0 Å². The molecule has 1 aromatic rings. The Kier molecular flexibility index (Phi) is 2.60. The van der Waals surface area contributed by atoms with Gasteiger partial charge in [0.25, 0.3) is 0 Å². The molecule has 0 fully saturated rings. The summed E-state index contributed by atoms with van der Waals surface area (Å²) in [5, 5.41) is 3.69. The molecule has 0 aliphatic heterocycles. The van der Waals surface area contributed by atoms with Crippen molar-refractivity contribution < 1.29 is 4.39 Å². The fourth-order valence-electron chi connectivity index (χ4n) is 0.714. The number of nitrogens with zero attached hydrogens (tertiary/aromatic N) is 1. The van der Waals surface area contributed by atoms with E-state index in [0.717, 1.165) is 0 Å². The Morgan fingerprint density at radius 3 is 2.82 bits per heavy atom. The molecule has 0 unspecified atom stereocenters. The van der Waals surface area contributed by atoms with E-state index in [-0.39, 0.29) is 5.82 Å². The minimum Gasteiger partial charge on any atom is -0.313 e. The minimum atomic E-state index is -0.258. The number of hydrazone groups is 1. The zero-order chi connectivity index (χ0) is 8.10. The van der Waals surface area contributed by atoms with E-state index < -0.39 is 0 Å². The van der Waals surface area contributed by atoms with Crippen LogP contribution in [-0.4, -0.2) is 13.3 Å². The second-order valence-electron chi connectivity index (χ2n) is 2.00. The van der Waals surface area contributed by atoms with Crippen LogP contribution in [0.4, 0.5) is 4.39 Å². The number of hydrogen-bond donors (Lipinski definition) is 1. The monoisotopic (exact) mass is 152 g/mol. The highest BCUT2D eigenvalue weighted by Crippen LogP contribution is 2.02. The maximum Gasteiger partial charge on any atom is 0.132 e. The van der Waals surface area contributed by atoms with Crippen LogP contribution in [0.25, 0.3) is 0 Å². The number of rotatable bonds is 2. The number of hydrogen-bond acceptors (Lipinski definition) is 2. The van der Waals surface area contributed by atoms with Gasteiger partial charge in [-0.2, -0.15) is 5.10 Å². The van der Waals surface area contributed by atoms with E-state index in [1.807, 2.05) is 0 Å². The second kappa shape index (κ2) is 3.71. The molecule has 0 spiro atoms. The van der Waals surface area contributed by atoms with Crippen LogP contribution in [0.1, 0.15) is 5.56 Å². The predicted octanol–water partition coefficient (Wildman–Crippen LogP) is 1.38. The highest BCUT2D eigenvalue weighted by Gasteiger charge is 1.94. The summed E-state index contributed by atoms with van der Waals surface area (Å²) in [5.41, 5.74) is 3.03. The molecule has 0 saturated carbocycles. The third-order valence-corrected chi connectivity index (χ3v) is 1.24. The lowest BCUT2D eigenvalue weighted by Gasteiger charge is -1.93. The molecule has 1 N–H and O–H groups in total. The van der Waals surface area contributed by atoms with Crippen LogP contribution < -0.4 is 5.43 Å². The molecule has 0 aliphatic rings. The summed E-state index contributed by atoms with van der Waals surface area (Å²) in [7, 11) is 1.66. The summed E-state index contributed by atoms with van der Waals surface area (Å²) in [5.74, 6) is -0.258. The minimum absolute atomic E-state index is 0.258. The SMILES string of the molecule is CNN=Cc1ccccc1F. The first-order valence-corrected chi connectivity index (χ1v) is 3.29. The van der Waals surface area contributed by atoms with Crippen molar-refractivity contribution in [1.29, 1.82) is 0 Å². The summed E-state index contributed by atoms with van der Waals surface area (Å²) >= 11 is 0. The number of benzene rings is 1. The van der Waals surface area contributed by atoms with Gasteiger partial charge in [0.05, 0.1) is 6.21 Å². The van der Waals surface area contributed by atoms with Crippen molar-refractivity contribution in [2.75, 3.05) is 7.05 Å². The first-order chi connectivity index (χ1) is 5.34. The quantitative estimate of drug-likeness (QED) is 0.502. The fraction of sp³-hybridized carbons (Fsp3) is 0.125. The van der Waals surface area contributed by atoms with Crippen LogP contribution >= 0.6 is 0 Å². The molecule has 0 saturated heterocycles. The van der Waals surface area contributed by atoms with E-state index in [4.69, 9.17) is 0 Å². The average Bonchev–Trinajstić information content (AvgIpc) is 2.03. The van der Waals surface area contributed by atoms with Gasteiger partial charge < -0.3 is 5.43 Å². The summed E-state index contributed by atoms with van der Waals surface area (Å²) in [6.45, 7) is 0. The zero-order valence-corrected chi connectivity index (χ0v) is 6.21. The fourth-order valence-corrected chi connectivity index (χ4v) is 0.714. The van der Waals surface area contributed by atoms with E-state index in [1.165, 1.54) is 12.3 Å². The largest absolute Gasteiger partial charge is 0.313 e. The van der Waals surface area contributed by atoms with Crippen molar-refractivity contribution in [3.63, 3.8) is 0 Å². The van der Waals surface area contributed by atoms with Gasteiger partial charge in [-0.3, -0.25) is 0 Å². The number of halogens is 1. The van der Waals surface area contributed by atoms with Gasteiger partial charge in [0.1, 0.15) is 5.82 Å². The molecule has 3 heteroatoms. The topological polar surface area (TPSA) is 24.4 Å². The Bertz CT molecular complexity index is 258. The van der Waals surface area contributed by atoms with Crippen LogP contribution in [0, 0.1) is 5.82 Å². The molecule has 1 aromatic carbocycles. The van der Waals surface area contributed by atoms with Crippen molar-refractivity contribution >= 4 is 6.21 Å². The van der Waals surface area contributed by atoms with Gasteiger partial charge in [-0.1, -0.05) is 18.2 Å². The second-order valence-corrected chi connectivity index (χ2v) is 2.00. The van der Waals surface area contributed by atoms with E-state index in [0.29, 0.717) is 5.56 Å². The summed E-state index contributed by atoms with van der Waals surface area (Å²) in [6.07, 6.45) is 1.44. The maximum absolute atomic E-state index is 12.8. The Labute approximate surface area is 64.7 Å². The lowest BCUT2D eigenvalue weighted by atomic mass is 10.2. The van der Waals surface area contributed by atoms with Crippen molar-refractivity contribution in [1.82, 2.24) is 5.43 Å². The lowest BCUT2D eigenvalue weighted by Crippen LogP contribution is -1.96. The summed E-state index contributed by atoms with van der Waals surface area (Å²) in [6, 6.07) is 6.47. The smallest absolute Gasteiger partial charge is 0.132 e. The molecular formula is C8H9FN2. The molecule has 0 radical (unpaired) electrons. The molecule has 2 nitrogen and oxygen atoms in total. The van der Waals surface area contributed by atoms with E-state index in [9.17, 15) is 4.39 Å². The van der Waals surface area contributed by atoms with Gasteiger partial charge in [-0.15, -0.1) is 0 Å². The Hall–Kier alpha value is -1.38. The van der Waals surface area contributed by atoms with E-state index in [2.05, 4.69) is 10.5 Å². The molecule has 0 aliphatic carbocycles. The van der Waals surface area contributed by atoms with Crippen molar-refractivity contribution in [3.8, 4) is 0 Å². The van der Waals surface area contributed by atoms with E-state index in [1.54, 1.807) is 25.2 Å². The van der Waals surface area contributed by atoms with Crippen molar-refractivity contribution in [3.05, 3.63) is 35.6 Å². The predicted molar refractivity (Wildman–Crippen MR) is 43.1 cm³/mol. The normalized spacial score (nSPS) is 10.4. The Balaban J connectivity index is 2.86. The highest BCUT2D eigenvalue weighted by atomic mass is 19.1. The van der Waals surface area contributed by atoms with E-state index >= 15 is 0 Å². The van der Waals surface area contributed by atoms with Gasteiger partial charge in [-0.05, 0) is 6.07 Å². The van der Waals surface area contributed by atoms with Crippen LogP contribution in [0.2, 0.25) is 0 Å². The third-order valence-electron chi connectivity index (χ3n) is 1.24. The molecule has 0 bridgehead atoms. The van der Waals surface area contributed by atoms with Crippen LogP contribution in [-0.2, 0) is 0 Å². The first kappa shape index (κ1) is 7.72. The van der Waals surface area contributed by atoms with Gasteiger partial charge in [0.2, 0.25) is 0 Å². The maximum atomic E-state index is 12.8. The molecule has 1 rings (SSSR count). The Morgan fingerprint density at radius 2 is 2.18 bits per heavy atom. The van der Waals surface area contributed by atoms with Gasteiger partial charge >= 0.3 is 0 Å².